The van der Waals surface area contributed by atoms with Gasteiger partial charge in [0.05, 0.1) is 0 Å². The van der Waals surface area contributed by atoms with Crippen molar-refractivity contribution in [3.63, 3.8) is 0 Å². The Balaban J connectivity index is 3.73. The van der Waals surface area contributed by atoms with E-state index in [2.05, 4.69) is 0 Å². The summed E-state index contributed by atoms with van der Waals surface area (Å²) in [6.07, 6.45) is 2.75. The molecule has 10 heavy (non-hydrogen) atoms. The monoisotopic (exact) mass is 149 g/mol. The third-order valence-electron chi connectivity index (χ3n) is 1.08. The molecule has 0 unspecified atom stereocenters. The highest BCUT2D eigenvalue weighted by atomic mass is 19.3. The summed E-state index contributed by atoms with van der Waals surface area (Å²) >= 11 is 0. The molecule has 0 aromatic carbocycles. The van der Waals surface area contributed by atoms with E-state index >= 15 is 0 Å². The van der Waals surface area contributed by atoms with Crippen LogP contribution in [-0.2, 0) is 0 Å². The standard InChI is InChI=1S/C7H13F2N/c1-2-3-4-7(8,9)5-6-10/h3-4H,2,5-6,10H2,1H3/b4-3+. The van der Waals surface area contributed by atoms with Crippen molar-refractivity contribution in [1.82, 2.24) is 0 Å². The van der Waals surface area contributed by atoms with Gasteiger partial charge in [0.25, 0.3) is 5.92 Å². The maximum Gasteiger partial charge on any atom is 0.267 e. The van der Waals surface area contributed by atoms with E-state index in [9.17, 15) is 8.78 Å². The summed E-state index contributed by atoms with van der Waals surface area (Å²) < 4.78 is 24.9. The van der Waals surface area contributed by atoms with Gasteiger partial charge in [-0.05, 0) is 19.0 Å². The molecule has 0 fully saturated rings. The predicted octanol–water partition coefficient (Wildman–Crippen LogP) is 1.94. The number of halogens is 2. The van der Waals surface area contributed by atoms with Gasteiger partial charge in [0.2, 0.25) is 0 Å². The molecule has 0 bridgehead atoms. The molecule has 0 radical (unpaired) electrons. The number of hydrogen-bond acceptors (Lipinski definition) is 1. The van der Waals surface area contributed by atoms with Crippen LogP contribution in [0.1, 0.15) is 19.8 Å². The first-order valence-corrected chi connectivity index (χ1v) is 3.38. The molecule has 0 heterocycles. The number of hydrogen-bond donors (Lipinski definition) is 1. The van der Waals surface area contributed by atoms with E-state index < -0.39 is 5.92 Å². The zero-order chi connectivity index (χ0) is 8.04. The molecule has 2 N–H and O–H groups in total. The summed E-state index contributed by atoms with van der Waals surface area (Å²) in [6, 6.07) is 0. The van der Waals surface area contributed by atoms with Crippen LogP contribution in [0.4, 0.5) is 8.78 Å². The van der Waals surface area contributed by atoms with Gasteiger partial charge < -0.3 is 5.73 Å². The molecule has 0 spiro atoms. The second kappa shape index (κ2) is 4.39. The van der Waals surface area contributed by atoms with Crippen molar-refractivity contribution in [3.8, 4) is 0 Å². The quantitative estimate of drug-likeness (QED) is 0.607. The largest absolute Gasteiger partial charge is 0.330 e. The molecular formula is C7H13F2N. The van der Waals surface area contributed by atoms with E-state index in [0.717, 1.165) is 6.08 Å². The lowest BCUT2D eigenvalue weighted by Crippen LogP contribution is -2.17. The lowest BCUT2D eigenvalue weighted by atomic mass is 10.2. The molecule has 0 aliphatic rings. The molecule has 0 aliphatic carbocycles. The highest BCUT2D eigenvalue weighted by Crippen LogP contribution is 2.18. The van der Waals surface area contributed by atoms with Crippen molar-refractivity contribution in [2.75, 3.05) is 6.54 Å². The average Bonchev–Trinajstić information content (AvgIpc) is 1.84. The first-order valence-electron chi connectivity index (χ1n) is 3.38. The van der Waals surface area contributed by atoms with Crippen molar-refractivity contribution in [3.05, 3.63) is 12.2 Å². The summed E-state index contributed by atoms with van der Waals surface area (Å²) in [5.41, 5.74) is 4.97. The summed E-state index contributed by atoms with van der Waals surface area (Å²) in [7, 11) is 0. The second-order valence-electron chi connectivity index (χ2n) is 2.11. The minimum atomic E-state index is -2.70. The Morgan fingerprint density at radius 2 is 2.10 bits per heavy atom. The Morgan fingerprint density at radius 1 is 1.50 bits per heavy atom. The van der Waals surface area contributed by atoms with Crippen LogP contribution >= 0.6 is 0 Å². The van der Waals surface area contributed by atoms with Crippen LogP contribution < -0.4 is 5.73 Å². The molecule has 0 saturated carbocycles. The molecule has 3 heteroatoms. The number of allylic oxidation sites excluding steroid dienone is 2. The maximum atomic E-state index is 12.4. The fourth-order valence-corrected chi connectivity index (χ4v) is 0.566. The zero-order valence-corrected chi connectivity index (χ0v) is 6.11. The number of rotatable bonds is 4. The van der Waals surface area contributed by atoms with E-state index in [4.69, 9.17) is 5.73 Å². The smallest absolute Gasteiger partial charge is 0.267 e. The normalized spacial score (nSPS) is 12.8. The molecule has 0 rings (SSSR count). The van der Waals surface area contributed by atoms with Gasteiger partial charge in [0, 0.05) is 6.42 Å². The van der Waals surface area contributed by atoms with Crippen molar-refractivity contribution >= 4 is 0 Å². The summed E-state index contributed by atoms with van der Waals surface area (Å²) in [5, 5.41) is 0. The van der Waals surface area contributed by atoms with Crippen LogP contribution in [0.3, 0.4) is 0 Å². The first-order chi connectivity index (χ1) is 4.62. The average molecular weight is 149 g/mol. The fourth-order valence-electron chi connectivity index (χ4n) is 0.566. The van der Waals surface area contributed by atoms with Gasteiger partial charge in [0.15, 0.2) is 0 Å². The van der Waals surface area contributed by atoms with Gasteiger partial charge in [0.1, 0.15) is 0 Å². The van der Waals surface area contributed by atoms with E-state index in [0.29, 0.717) is 6.42 Å². The Hall–Kier alpha value is -0.440. The molecule has 0 aromatic rings. The van der Waals surface area contributed by atoms with Crippen LogP contribution in [0.25, 0.3) is 0 Å². The molecule has 1 nitrogen and oxygen atoms in total. The Bertz CT molecular complexity index is 110. The van der Waals surface area contributed by atoms with E-state index in [1.54, 1.807) is 0 Å². The van der Waals surface area contributed by atoms with Crippen LogP contribution in [0.2, 0.25) is 0 Å². The van der Waals surface area contributed by atoms with Gasteiger partial charge in [-0.15, -0.1) is 0 Å². The zero-order valence-electron chi connectivity index (χ0n) is 6.11. The van der Waals surface area contributed by atoms with Crippen molar-refractivity contribution in [1.29, 1.82) is 0 Å². The molecule has 0 atom stereocenters. The van der Waals surface area contributed by atoms with Crippen LogP contribution in [-0.4, -0.2) is 12.5 Å². The van der Waals surface area contributed by atoms with E-state index in [-0.39, 0.29) is 13.0 Å². The van der Waals surface area contributed by atoms with Gasteiger partial charge in [-0.1, -0.05) is 13.0 Å². The number of alkyl halides is 2. The molecular weight excluding hydrogens is 136 g/mol. The topological polar surface area (TPSA) is 26.0 Å². The minimum absolute atomic E-state index is 0.0288. The highest BCUT2D eigenvalue weighted by Gasteiger charge is 2.22. The SMILES string of the molecule is CC/C=C/C(F)(F)CCN. The summed E-state index contributed by atoms with van der Waals surface area (Å²) in [6.45, 7) is 1.84. The molecule has 0 aromatic heterocycles. The van der Waals surface area contributed by atoms with Crippen LogP contribution in [0.15, 0.2) is 12.2 Å². The van der Waals surface area contributed by atoms with E-state index in [1.807, 2.05) is 6.92 Å². The Labute approximate surface area is 59.9 Å². The van der Waals surface area contributed by atoms with Crippen LogP contribution in [0, 0.1) is 0 Å². The minimum Gasteiger partial charge on any atom is -0.330 e. The fraction of sp³-hybridized carbons (Fsp3) is 0.714. The van der Waals surface area contributed by atoms with E-state index in [1.165, 1.54) is 6.08 Å². The second-order valence-corrected chi connectivity index (χ2v) is 2.11. The van der Waals surface area contributed by atoms with Crippen molar-refractivity contribution < 1.29 is 8.78 Å². The molecule has 60 valence electrons. The van der Waals surface area contributed by atoms with Gasteiger partial charge in [-0.25, -0.2) is 8.78 Å². The van der Waals surface area contributed by atoms with Crippen molar-refractivity contribution in [2.45, 2.75) is 25.7 Å². The lowest BCUT2D eigenvalue weighted by Gasteiger charge is -2.08. The third kappa shape index (κ3) is 4.44. The summed E-state index contributed by atoms with van der Waals surface area (Å²) in [5.74, 6) is -2.70. The van der Waals surface area contributed by atoms with Crippen molar-refractivity contribution in [2.24, 2.45) is 5.73 Å². The summed E-state index contributed by atoms with van der Waals surface area (Å²) in [4.78, 5) is 0. The van der Waals surface area contributed by atoms with Gasteiger partial charge >= 0.3 is 0 Å². The maximum absolute atomic E-state index is 12.4. The third-order valence-corrected chi connectivity index (χ3v) is 1.08. The Morgan fingerprint density at radius 3 is 2.50 bits per heavy atom. The lowest BCUT2D eigenvalue weighted by molar-refractivity contribution is 0.0482. The van der Waals surface area contributed by atoms with Gasteiger partial charge in [-0.3, -0.25) is 0 Å². The predicted molar refractivity (Wildman–Crippen MR) is 38.0 cm³/mol. The highest BCUT2D eigenvalue weighted by molar-refractivity contribution is 4.93. The number of nitrogens with two attached hydrogens (primary N) is 1. The van der Waals surface area contributed by atoms with Gasteiger partial charge in [-0.2, -0.15) is 0 Å². The van der Waals surface area contributed by atoms with Crippen LogP contribution in [0.5, 0.6) is 0 Å². The molecule has 0 aliphatic heterocycles. The molecule has 0 amide bonds. The first kappa shape index (κ1) is 9.56. The molecule has 0 saturated heterocycles. The Kier molecular flexibility index (Phi) is 4.19.